The Balaban J connectivity index is 2.16. The summed E-state index contributed by atoms with van der Waals surface area (Å²) in [4.78, 5) is 2.30. The summed E-state index contributed by atoms with van der Waals surface area (Å²) >= 11 is 3.51. The molecule has 2 nitrogen and oxygen atoms in total. The lowest BCUT2D eigenvalue weighted by Crippen LogP contribution is -2.49. The fraction of sp³-hybridized carbons (Fsp3) is 0.667. The molecular weight excluding hydrogens is 345 g/mol. The van der Waals surface area contributed by atoms with E-state index in [2.05, 4.69) is 41.7 Å². The number of benzene rings is 1. The lowest BCUT2D eigenvalue weighted by Gasteiger charge is -2.47. The largest absolute Gasteiger partial charge is 0.384 e. The predicted molar refractivity (Wildman–Crippen MR) is 90.4 cm³/mol. The summed E-state index contributed by atoms with van der Waals surface area (Å²) in [5, 5.41) is 11.8. The highest BCUT2D eigenvalue weighted by Crippen LogP contribution is 2.58. The van der Waals surface area contributed by atoms with Crippen LogP contribution < -0.4 is 0 Å². The smallest absolute Gasteiger partial charge is 0.127 e. The number of halogens is 2. The van der Waals surface area contributed by atoms with Gasteiger partial charge in [0.05, 0.1) is 5.60 Å². The van der Waals surface area contributed by atoms with E-state index in [9.17, 15) is 9.50 Å². The van der Waals surface area contributed by atoms with Gasteiger partial charge in [0.2, 0.25) is 0 Å². The van der Waals surface area contributed by atoms with Gasteiger partial charge in [0.15, 0.2) is 0 Å². The summed E-state index contributed by atoms with van der Waals surface area (Å²) in [5.74, 6) is -0.0398. The van der Waals surface area contributed by atoms with Crippen LogP contribution in [0.1, 0.15) is 43.4 Å². The fourth-order valence-corrected chi connectivity index (χ4v) is 5.10. The first-order valence-corrected chi connectivity index (χ1v) is 8.86. The van der Waals surface area contributed by atoms with Gasteiger partial charge < -0.3 is 10.0 Å². The maximum atomic E-state index is 14.3. The molecule has 0 spiro atoms. The van der Waals surface area contributed by atoms with Crippen LogP contribution in [0.4, 0.5) is 4.39 Å². The fourth-order valence-electron chi connectivity index (χ4n) is 4.56. The monoisotopic (exact) mass is 369 g/mol. The van der Waals surface area contributed by atoms with Crippen molar-refractivity contribution in [3.63, 3.8) is 0 Å². The van der Waals surface area contributed by atoms with Crippen LogP contribution in [0, 0.1) is 24.1 Å². The topological polar surface area (TPSA) is 23.5 Å². The van der Waals surface area contributed by atoms with Crippen molar-refractivity contribution in [2.75, 3.05) is 20.1 Å². The van der Waals surface area contributed by atoms with Crippen LogP contribution in [0.2, 0.25) is 0 Å². The molecule has 1 aliphatic heterocycles. The summed E-state index contributed by atoms with van der Waals surface area (Å²) in [6, 6.07) is 1.55. The van der Waals surface area contributed by atoms with Crippen molar-refractivity contribution >= 4 is 15.9 Å². The molecule has 4 heteroatoms. The van der Waals surface area contributed by atoms with Gasteiger partial charge in [-0.2, -0.15) is 0 Å². The average molecular weight is 370 g/mol. The molecule has 0 radical (unpaired) electrons. The van der Waals surface area contributed by atoms with E-state index in [0.29, 0.717) is 5.56 Å². The van der Waals surface area contributed by atoms with Gasteiger partial charge in [0, 0.05) is 9.89 Å². The van der Waals surface area contributed by atoms with Crippen molar-refractivity contribution in [1.82, 2.24) is 4.90 Å². The molecule has 1 aromatic rings. The second-order valence-electron chi connectivity index (χ2n) is 7.72. The van der Waals surface area contributed by atoms with Crippen LogP contribution in [-0.4, -0.2) is 30.1 Å². The van der Waals surface area contributed by atoms with Gasteiger partial charge in [-0.3, -0.25) is 0 Å². The van der Waals surface area contributed by atoms with Gasteiger partial charge in [-0.25, -0.2) is 4.39 Å². The zero-order valence-electron chi connectivity index (χ0n) is 13.8. The zero-order chi connectivity index (χ0) is 16.3. The van der Waals surface area contributed by atoms with Crippen LogP contribution in [0.5, 0.6) is 0 Å². The van der Waals surface area contributed by atoms with E-state index >= 15 is 0 Å². The summed E-state index contributed by atoms with van der Waals surface area (Å²) in [5.41, 5.74) is 1.32. The van der Waals surface area contributed by atoms with E-state index in [0.717, 1.165) is 48.0 Å². The summed E-state index contributed by atoms with van der Waals surface area (Å²) < 4.78 is 15.1. The van der Waals surface area contributed by atoms with Gasteiger partial charge in [-0.05, 0) is 75.0 Å². The lowest BCUT2D eigenvalue weighted by atomic mass is 9.65. The standard InChI is InChI=1S/C18H25BrFNO/c1-11-15(20)9-14(19)13-10-17(2,3)18(22,16(11)13)12-5-7-21(4)8-6-12/h9,12,22H,5-8,10H2,1-4H3. The van der Waals surface area contributed by atoms with E-state index in [1.807, 2.05) is 6.92 Å². The van der Waals surface area contributed by atoms with Crippen molar-refractivity contribution in [2.45, 2.75) is 45.6 Å². The molecule has 1 unspecified atom stereocenters. The number of likely N-dealkylation sites (tertiary alicyclic amines) is 1. The van der Waals surface area contributed by atoms with Gasteiger partial charge in [0.1, 0.15) is 5.82 Å². The Hall–Kier alpha value is -0.450. The summed E-state index contributed by atoms with van der Waals surface area (Å²) in [6.07, 6.45) is 2.71. The number of fused-ring (bicyclic) bond motifs is 1. The minimum atomic E-state index is -0.946. The Morgan fingerprint density at radius 3 is 2.50 bits per heavy atom. The number of hydrogen-bond acceptors (Lipinski definition) is 2. The van der Waals surface area contributed by atoms with E-state index in [-0.39, 0.29) is 17.2 Å². The van der Waals surface area contributed by atoms with Crippen LogP contribution in [0.3, 0.4) is 0 Å². The molecule has 1 fully saturated rings. The molecule has 22 heavy (non-hydrogen) atoms. The van der Waals surface area contributed by atoms with E-state index in [4.69, 9.17) is 0 Å². The number of rotatable bonds is 1. The molecule has 1 heterocycles. The Bertz CT molecular complexity index is 608. The summed E-state index contributed by atoms with van der Waals surface area (Å²) in [6.45, 7) is 8.04. The molecule has 0 amide bonds. The number of nitrogens with zero attached hydrogens (tertiary/aromatic N) is 1. The summed E-state index contributed by atoms with van der Waals surface area (Å²) in [7, 11) is 2.12. The predicted octanol–water partition coefficient (Wildman–Crippen LogP) is 4.01. The normalized spacial score (nSPS) is 28.9. The zero-order valence-corrected chi connectivity index (χ0v) is 15.4. The Morgan fingerprint density at radius 2 is 1.91 bits per heavy atom. The molecule has 0 aromatic heterocycles. The number of hydrogen-bond donors (Lipinski definition) is 1. The van der Waals surface area contributed by atoms with E-state index in [1.165, 1.54) is 0 Å². The maximum Gasteiger partial charge on any atom is 0.127 e. The van der Waals surface area contributed by atoms with Crippen molar-refractivity contribution in [3.05, 3.63) is 33.0 Å². The Morgan fingerprint density at radius 1 is 1.32 bits per heavy atom. The third-order valence-corrected chi connectivity index (χ3v) is 6.63. The van der Waals surface area contributed by atoms with Crippen molar-refractivity contribution in [2.24, 2.45) is 11.3 Å². The van der Waals surface area contributed by atoms with Gasteiger partial charge in [0.25, 0.3) is 0 Å². The second-order valence-corrected chi connectivity index (χ2v) is 8.58. The third kappa shape index (κ3) is 2.18. The van der Waals surface area contributed by atoms with Crippen molar-refractivity contribution in [3.8, 4) is 0 Å². The molecule has 3 rings (SSSR count). The van der Waals surface area contributed by atoms with Gasteiger partial charge in [-0.1, -0.05) is 29.8 Å². The Labute approximate surface area is 140 Å². The van der Waals surface area contributed by atoms with Crippen LogP contribution >= 0.6 is 15.9 Å². The minimum absolute atomic E-state index is 0.187. The molecule has 1 N–H and O–H groups in total. The number of aliphatic hydroxyl groups is 1. The lowest BCUT2D eigenvalue weighted by molar-refractivity contribution is -0.122. The van der Waals surface area contributed by atoms with E-state index < -0.39 is 5.60 Å². The molecule has 1 aromatic carbocycles. The molecular formula is C18H25BrFNO. The van der Waals surface area contributed by atoms with Crippen molar-refractivity contribution in [1.29, 1.82) is 0 Å². The van der Waals surface area contributed by atoms with E-state index in [1.54, 1.807) is 6.07 Å². The van der Waals surface area contributed by atoms with Crippen LogP contribution in [0.15, 0.2) is 10.5 Å². The van der Waals surface area contributed by atoms with Gasteiger partial charge >= 0.3 is 0 Å². The molecule has 0 saturated carbocycles. The van der Waals surface area contributed by atoms with Crippen LogP contribution in [-0.2, 0) is 12.0 Å². The Kier molecular flexibility index (Phi) is 3.94. The molecule has 2 aliphatic rings. The third-order valence-electron chi connectivity index (χ3n) is 5.92. The van der Waals surface area contributed by atoms with Crippen LogP contribution in [0.25, 0.3) is 0 Å². The maximum absolute atomic E-state index is 14.3. The quantitative estimate of drug-likeness (QED) is 0.808. The highest BCUT2D eigenvalue weighted by Gasteiger charge is 2.57. The second kappa shape index (κ2) is 5.29. The first-order valence-electron chi connectivity index (χ1n) is 8.07. The van der Waals surface area contributed by atoms with Gasteiger partial charge in [-0.15, -0.1) is 0 Å². The molecule has 122 valence electrons. The number of piperidine rings is 1. The first-order chi connectivity index (χ1) is 10.2. The SMILES string of the molecule is Cc1c(F)cc(Br)c2c1C(O)(C1CCN(C)CC1)C(C)(C)C2. The molecule has 0 bridgehead atoms. The first kappa shape index (κ1) is 16.4. The van der Waals surface area contributed by atoms with Crippen molar-refractivity contribution < 1.29 is 9.50 Å². The molecule has 1 aliphatic carbocycles. The molecule has 1 atom stereocenters. The molecule has 1 saturated heterocycles. The minimum Gasteiger partial charge on any atom is -0.384 e. The highest BCUT2D eigenvalue weighted by atomic mass is 79.9. The highest BCUT2D eigenvalue weighted by molar-refractivity contribution is 9.10. The average Bonchev–Trinajstić information content (AvgIpc) is 2.66.